The molecule has 46 heavy (non-hydrogen) atoms. The van der Waals surface area contributed by atoms with Gasteiger partial charge in [-0.25, -0.2) is 0 Å². The molecular weight excluding hydrogens is 695 g/mol. The van der Waals surface area contributed by atoms with Gasteiger partial charge in [0.25, 0.3) is 0 Å². The summed E-state index contributed by atoms with van der Waals surface area (Å²) in [5, 5.41) is 3.61. The summed E-state index contributed by atoms with van der Waals surface area (Å²) >= 11 is -0.936. The molecule has 1 heterocycles. The van der Waals surface area contributed by atoms with Crippen LogP contribution in [-0.4, -0.2) is 8.07 Å². The van der Waals surface area contributed by atoms with Gasteiger partial charge in [-0.05, 0) is 0 Å². The molecule has 0 spiro atoms. The van der Waals surface area contributed by atoms with Gasteiger partial charge in [0.15, 0.2) is 0 Å². The van der Waals surface area contributed by atoms with Crippen molar-refractivity contribution in [3.8, 4) is 22.3 Å². The zero-order valence-corrected chi connectivity index (χ0v) is 33.2. The van der Waals surface area contributed by atoms with E-state index in [1.807, 2.05) is 11.1 Å². The largest absolute Gasteiger partial charge is 1.00 e. The Labute approximate surface area is 302 Å². The van der Waals surface area contributed by atoms with Gasteiger partial charge in [-0.1, -0.05) is 0 Å². The van der Waals surface area contributed by atoms with Crippen LogP contribution in [0.5, 0.6) is 0 Å². The molecule has 4 bridgehead atoms. The van der Waals surface area contributed by atoms with E-state index >= 15 is 0 Å². The Morgan fingerprint density at radius 1 is 0.543 bits per heavy atom. The van der Waals surface area contributed by atoms with E-state index in [-0.39, 0.29) is 24.8 Å². The number of halogens is 2. The van der Waals surface area contributed by atoms with Crippen LogP contribution in [0.1, 0.15) is 94.0 Å². The maximum Gasteiger partial charge on any atom is -1.00 e. The second-order valence-electron chi connectivity index (χ2n) is 13.6. The Morgan fingerprint density at radius 2 is 0.935 bits per heavy atom. The predicted molar refractivity (Wildman–Crippen MR) is 189 cm³/mol. The number of aryl methyl sites for hydroxylation is 2. The first-order valence-corrected chi connectivity index (χ1v) is 22.9. The molecule has 4 aromatic carbocycles. The fraction of sp³-hybridized carbons (Fsp3) is 0.333. The van der Waals surface area contributed by atoms with Crippen molar-refractivity contribution in [1.29, 1.82) is 0 Å². The molecule has 0 amide bonds. The number of hydrogen-bond acceptors (Lipinski definition) is 0. The van der Waals surface area contributed by atoms with Gasteiger partial charge in [-0.2, -0.15) is 0 Å². The predicted octanol–water partition coefficient (Wildman–Crippen LogP) is 5.95. The number of allylic oxidation sites excluding steroid dienone is 2. The second kappa shape index (κ2) is 14.3. The molecule has 0 saturated heterocycles. The first-order chi connectivity index (χ1) is 21.4. The smallest absolute Gasteiger partial charge is 1.00 e. The molecule has 2 aliphatic carbocycles. The molecule has 0 saturated carbocycles. The summed E-state index contributed by atoms with van der Waals surface area (Å²) in [4.78, 5) is 0. The Hall–Kier alpha value is -1.96. The zero-order chi connectivity index (χ0) is 30.6. The quantitative estimate of drug-likeness (QED) is 0.196. The Balaban J connectivity index is 0.00000208. The average molecular weight is 741 g/mol. The first kappa shape index (κ1) is 35.3. The maximum absolute atomic E-state index is 2.73. The molecule has 4 aromatic rings. The summed E-state index contributed by atoms with van der Waals surface area (Å²) < 4.78 is 1.36. The van der Waals surface area contributed by atoms with Crippen LogP contribution >= 0.6 is 0 Å². The minimum atomic E-state index is -2.13. The van der Waals surface area contributed by atoms with Gasteiger partial charge >= 0.3 is 280 Å². The summed E-state index contributed by atoms with van der Waals surface area (Å²) in [6.07, 6.45) is 7.16. The van der Waals surface area contributed by atoms with Crippen LogP contribution in [0.15, 0.2) is 96.1 Å². The van der Waals surface area contributed by atoms with E-state index in [0.717, 1.165) is 12.8 Å². The molecule has 236 valence electrons. The van der Waals surface area contributed by atoms with Crippen LogP contribution in [0, 0.1) is 0 Å². The fourth-order valence-corrected chi connectivity index (χ4v) is 18.9. The normalized spacial score (nSPS) is 18.4. The van der Waals surface area contributed by atoms with Gasteiger partial charge in [0.05, 0.1) is 0 Å². The van der Waals surface area contributed by atoms with Crippen molar-refractivity contribution in [2.24, 2.45) is 0 Å². The van der Waals surface area contributed by atoms with Gasteiger partial charge in [-0.15, -0.1) is 0 Å². The molecular formula is C42H46Cl2SiZr. The van der Waals surface area contributed by atoms with Crippen molar-refractivity contribution >= 4 is 18.5 Å². The van der Waals surface area contributed by atoms with E-state index in [1.165, 1.54) is 59.1 Å². The Bertz CT molecular complexity index is 1670. The van der Waals surface area contributed by atoms with Crippen LogP contribution in [0.2, 0.25) is 13.1 Å². The van der Waals surface area contributed by atoms with Crippen LogP contribution in [-0.2, 0) is 36.1 Å². The van der Waals surface area contributed by atoms with E-state index in [4.69, 9.17) is 0 Å². The first-order valence-electron chi connectivity index (χ1n) is 17.1. The molecule has 1 aliphatic heterocycles. The van der Waals surface area contributed by atoms with Crippen LogP contribution in [0.3, 0.4) is 0 Å². The number of fused-ring (bicyclic) bond motifs is 8. The fourth-order valence-electron chi connectivity index (χ4n) is 8.66. The van der Waals surface area contributed by atoms with E-state index in [2.05, 4.69) is 126 Å². The van der Waals surface area contributed by atoms with Gasteiger partial charge in [-0.3, -0.25) is 0 Å². The number of benzene rings is 4. The van der Waals surface area contributed by atoms with E-state index in [0.29, 0.717) is 7.25 Å². The summed E-state index contributed by atoms with van der Waals surface area (Å²) in [7, 11) is -2.13. The molecule has 0 aromatic heterocycles. The van der Waals surface area contributed by atoms with Gasteiger partial charge in [0, 0.05) is 0 Å². The number of rotatable bonds is 8. The number of hydrogen-bond donors (Lipinski definition) is 0. The third-order valence-electron chi connectivity index (χ3n) is 10.6. The van der Waals surface area contributed by atoms with Crippen molar-refractivity contribution in [1.82, 2.24) is 0 Å². The van der Waals surface area contributed by atoms with Crippen molar-refractivity contribution in [3.63, 3.8) is 0 Å². The van der Waals surface area contributed by atoms with Crippen molar-refractivity contribution in [3.05, 3.63) is 129 Å². The zero-order valence-electron chi connectivity index (χ0n) is 28.2. The molecule has 0 nitrogen and oxygen atoms in total. The van der Waals surface area contributed by atoms with Gasteiger partial charge < -0.3 is 24.8 Å². The maximum atomic E-state index is 2.73. The third-order valence-corrected chi connectivity index (χ3v) is 19.1. The minimum absolute atomic E-state index is 0. The van der Waals surface area contributed by atoms with Crippen LogP contribution in [0.4, 0.5) is 0 Å². The molecule has 3 aliphatic rings. The minimum Gasteiger partial charge on any atom is -1.00 e. The van der Waals surface area contributed by atoms with E-state index < -0.39 is 31.3 Å². The summed E-state index contributed by atoms with van der Waals surface area (Å²) in [5.74, 6) is 0. The Kier molecular flexibility index (Phi) is 11.0. The van der Waals surface area contributed by atoms with Crippen molar-refractivity contribution < 1.29 is 48.0 Å². The topological polar surface area (TPSA) is 0 Å². The second-order valence-corrected chi connectivity index (χ2v) is 21.5. The SMILES string of the molecule is CCCC1=C2c3c(-c4ccc(CC)cc4)cccc3[CH]1[Zr+2][CH]1C(CCC)=C(c3c(-c4ccc(CC)cc4)cccc31)[Si]2(C)C.[Cl-].[Cl-]. The van der Waals surface area contributed by atoms with Crippen molar-refractivity contribution in [2.45, 2.75) is 86.6 Å². The van der Waals surface area contributed by atoms with E-state index in [1.54, 1.807) is 32.6 Å². The standard InChI is InChI=1S/C42H46Si.2ClH.Zr/c1-7-13-35-27-33-15-11-17-37(31-23-19-29(9-3)20-24-31)39(33)41(35)43(5,6)42-36(14-8-2)28-34-16-12-18-38(40(34)42)32-25-21-30(10-4)22-26-32;;;/h11-12,15-28H,7-10,13-14H2,1-6H3;2*1H;/q;;;+2/p-2. The molecule has 2 unspecified atom stereocenters. The third kappa shape index (κ3) is 5.64. The summed E-state index contributed by atoms with van der Waals surface area (Å²) in [6.45, 7) is 14.8. The average Bonchev–Trinajstić information content (AvgIpc) is 3.55. The molecule has 2 atom stereocenters. The molecule has 7 rings (SSSR count). The van der Waals surface area contributed by atoms with Crippen LogP contribution < -0.4 is 24.8 Å². The van der Waals surface area contributed by atoms with Gasteiger partial charge in [0.1, 0.15) is 0 Å². The van der Waals surface area contributed by atoms with E-state index in [9.17, 15) is 0 Å². The van der Waals surface area contributed by atoms with Crippen molar-refractivity contribution in [2.75, 3.05) is 0 Å². The molecule has 0 fully saturated rings. The molecule has 0 N–H and O–H groups in total. The summed E-state index contributed by atoms with van der Waals surface area (Å²) in [5.41, 5.74) is 19.0. The van der Waals surface area contributed by atoms with Gasteiger partial charge in [0.2, 0.25) is 0 Å². The monoisotopic (exact) mass is 738 g/mol. The summed E-state index contributed by atoms with van der Waals surface area (Å²) in [6, 6.07) is 33.7. The molecule has 0 radical (unpaired) electrons. The molecule has 4 heteroatoms. The Morgan fingerprint density at radius 3 is 1.28 bits per heavy atom. The van der Waals surface area contributed by atoms with Crippen LogP contribution in [0.25, 0.3) is 32.6 Å².